The molecule has 0 aliphatic heterocycles. The van der Waals surface area contributed by atoms with Crippen molar-refractivity contribution in [3.63, 3.8) is 0 Å². The van der Waals surface area contributed by atoms with Crippen LogP contribution in [0.4, 0.5) is 4.39 Å². The fourth-order valence-corrected chi connectivity index (χ4v) is 3.08. The van der Waals surface area contributed by atoms with Crippen LogP contribution in [0, 0.1) is 17.7 Å². The van der Waals surface area contributed by atoms with Crippen molar-refractivity contribution in [2.75, 3.05) is 0 Å². The number of carbonyl (C=O) groups is 1. The molecule has 4 heteroatoms. The van der Waals surface area contributed by atoms with E-state index in [-0.39, 0.29) is 23.3 Å². The molecule has 0 radical (unpaired) electrons. The largest absolute Gasteiger partial charge is 0.507 e. The van der Waals surface area contributed by atoms with Gasteiger partial charge in [0.15, 0.2) is 0 Å². The van der Waals surface area contributed by atoms with E-state index < -0.39 is 5.82 Å². The number of nitrogens with one attached hydrogen (secondary N) is 1. The van der Waals surface area contributed by atoms with Gasteiger partial charge >= 0.3 is 0 Å². The number of benzene rings is 1. The van der Waals surface area contributed by atoms with Gasteiger partial charge in [-0.05, 0) is 36.8 Å². The molecule has 2 N–H and O–H groups in total. The van der Waals surface area contributed by atoms with E-state index in [9.17, 15) is 14.3 Å². The molecule has 1 aromatic rings. The van der Waals surface area contributed by atoms with Gasteiger partial charge in [0, 0.05) is 12.1 Å². The number of carbonyl (C=O) groups excluding carboxylic acids is 1. The van der Waals surface area contributed by atoms with E-state index in [0.717, 1.165) is 25.3 Å². The lowest BCUT2D eigenvalue weighted by Gasteiger charge is -2.34. The fourth-order valence-electron chi connectivity index (χ4n) is 3.08. The van der Waals surface area contributed by atoms with Crippen LogP contribution in [0.5, 0.6) is 5.75 Å². The lowest BCUT2D eigenvalue weighted by atomic mass is 9.78. The highest BCUT2D eigenvalue weighted by molar-refractivity contribution is 5.96. The van der Waals surface area contributed by atoms with Crippen LogP contribution in [0.1, 0.15) is 49.9 Å². The van der Waals surface area contributed by atoms with Gasteiger partial charge < -0.3 is 10.4 Å². The van der Waals surface area contributed by atoms with Crippen LogP contribution < -0.4 is 5.32 Å². The smallest absolute Gasteiger partial charge is 0.255 e. The summed E-state index contributed by atoms with van der Waals surface area (Å²) in [4.78, 5) is 12.2. The predicted octanol–water partition coefficient (Wildman–Crippen LogP) is 3.48. The zero-order chi connectivity index (χ0) is 14.7. The maximum Gasteiger partial charge on any atom is 0.255 e. The third-order valence-electron chi connectivity index (χ3n) is 4.20. The molecule has 20 heavy (non-hydrogen) atoms. The van der Waals surface area contributed by atoms with Crippen LogP contribution in [0.3, 0.4) is 0 Å². The second-order valence-corrected chi connectivity index (χ2v) is 5.93. The maximum atomic E-state index is 12.9. The quantitative estimate of drug-likeness (QED) is 0.890. The summed E-state index contributed by atoms with van der Waals surface area (Å²) < 4.78 is 12.9. The third kappa shape index (κ3) is 3.30. The van der Waals surface area contributed by atoms with Crippen LogP contribution in [-0.4, -0.2) is 17.1 Å². The highest BCUT2D eigenvalue weighted by Gasteiger charge is 2.29. The molecule has 0 saturated heterocycles. The van der Waals surface area contributed by atoms with Gasteiger partial charge in [-0.15, -0.1) is 0 Å². The Balaban J connectivity index is 2.09. The second-order valence-electron chi connectivity index (χ2n) is 5.93. The van der Waals surface area contributed by atoms with E-state index in [1.807, 2.05) is 0 Å². The van der Waals surface area contributed by atoms with Crippen molar-refractivity contribution in [1.29, 1.82) is 0 Å². The molecule has 0 aromatic heterocycles. The Kier molecular flexibility index (Phi) is 4.63. The summed E-state index contributed by atoms with van der Waals surface area (Å²) in [6.07, 6.45) is 4.41. The van der Waals surface area contributed by atoms with Gasteiger partial charge in [-0.25, -0.2) is 4.39 Å². The first-order valence-corrected chi connectivity index (χ1v) is 7.28. The summed E-state index contributed by atoms with van der Waals surface area (Å²) in [5, 5.41) is 12.7. The summed E-state index contributed by atoms with van der Waals surface area (Å²) >= 11 is 0. The van der Waals surface area contributed by atoms with Crippen molar-refractivity contribution in [3.8, 4) is 5.75 Å². The van der Waals surface area contributed by atoms with Crippen LogP contribution in [-0.2, 0) is 0 Å². The lowest BCUT2D eigenvalue weighted by Crippen LogP contribution is -2.43. The maximum absolute atomic E-state index is 12.9. The Morgan fingerprint density at radius 2 is 2.05 bits per heavy atom. The van der Waals surface area contributed by atoms with E-state index in [1.54, 1.807) is 0 Å². The fraction of sp³-hybridized carbons (Fsp3) is 0.562. The molecular weight excluding hydrogens is 257 g/mol. The Morgan fingerprint density at radius 3 is 2.70 bits per heavy atom. The van der Waals surface area contributed by atoms with Gasteiger partial charge in [-0.1, -0.05) is 26.7 Å². The first kappa shape index (κ1) is 14.8. The number of phenolic OH excluding ortho intramolecular Hbond substituents is 1. The van der Waals surface area contributed by atoms with Gasteiger partial charge in [-0.3, -0.25) is 4.79 Å². The lowest BCUT2D eigenvalue weighted by molar-refractivity contribution is 0.0886. The Bertz CT molecular complexity index is 487. The van der Waals surface area contributed by atoms with Crippen molar-refractivity contribution in [1.82, 2.24) is 5.32 Å². The number of amides is 1. The molecule has 0 spiro atoms. The first-order valence-electron chi connectivity index (χ1n) is 7.28. The minimum atomic E-state index is -0.545. The number of phenols is 1. The minimum absolute atomic E-state index is 0.138. The van der Waals surface area contributed by atoms with E-state index in [0.29, 0.717) is 11.8 Å². The van der Waals surface area contributed by atoms with Crippen LogP contribution >= 0.6 is 0 Å². The first-order chi connectivity index (χ1) is 9.49. The summed E-state index contributed by atoms with van der Waals surface area (Å²) in [7, 11) is 0. The normalized spacial score (nSPS) is 22.8. The average Bonchev–Trinajstić information content (AvgIpc) is 2.38. The molecule has 1 aromatic carbocycles. The highest BCUT2D eigenvalue weighted by atomic mass is 19.1. The number of hydrogen-bond donors (Lipinski definition) is 2. The highest BCUT2D eigenvalue weighted by Crippen LogP contribution is 2.30. The summed E-state index contributed by atoms with van der Waals surface area (Å²) in [5.41, 5.74) is 0.138. The molecule has 1 saturated carbocycles. The number of hydrogen-bond acceptors (Lipinski definition) is 2. The number of halogens is 1. The Labute approximate surface area is 119 Å². The van der Waals surface area contributed by atoms with Crippen molar-refractivity contribution >= 4 is 5.91 Å². The number of rotatable bonds is 3. The number of aromatic hydroxyl groups is 1. The molecular formula is C16H22FNO2. The SMILES string of the molecule is CC(C)C1CCCCC1NC(=O)c1ccc(F)cc1O. The van der Waals surface area contributed by atoms with Crippen LogP contribution in [0.2, 0.25) is 0 Å². The van der Waals surface area contributed by atoms with E-state index in [2.05, 4.69) is 19.2 Å². The summed E-state index contributed by atoms with van der Waals surface area (Å²) in [6.45, 7) is 4.34. The molecule has 3 nitrogen and oxygen atoms in total. The zero-order valence-corrected chi connectivity index (χ0v) is 12.0. The Hall–Kier alpha value is -1.58. The zero-order valence-electron chi connectivity index (χ0n) is 12.0. The van der Waals surface area contributed by atoms with Crippen molar-refractivity contribution in [2.24, 2.45) is 11.8 Å². The van der Waals surface area contributed by atoms with Gasteiger partial charge in [0.25, 0.3) is 5.91 Å². The average molecular weight is 279 g/mol. The van der Waals surface area contributed by atoms with Gasteiger partial charge in [0.1, 0.15) is 11.6 Å². The molecule has 2 unspecified atom stereocenters. The van der Waals surface area contributed by atoms with Crippen LogP contribution in [0.25, 0.3) is 0 Å². The van der Waals surface area contributed by atoms with Gasteiger partial charge in [0.05, 0.1) is 5.56 Å². The standard InChI is InChI=1S/C16H22FNO2/c1-10(2)12-5-3-4-6-14(12)18-16(20)13-8-7-11(17)9-15(13)19/h7-10,12,14,19H,3-6H2,1-2H3,(H,18,20). The van der Waals surface area contributed by atoms with Gasteiger partial charge in [0.2, 0.25) is 0 Å². The van der Waals surface area contributed by atoms with Crippen molar-refractivity contribution in [3.05, 3.63) is 29.6 Å². The van der Waals surface area contributed by atoms with Gasteiger partial charge in [-0.2, -0.15) is 0 Å². The molecule has 0 heterocycles. The summed E-state index contributed by atoms with van der Waals surface area (Å²) in [5.74, 6) is -0.186. The summed E-state index contributed by atoms with van der Waals surface area (Å²) in [6, 6.07) is 3.62. The predicted molar refractivity (Wildman–Crippen MR) is 76.1 cm³/mol. The molecule has 110 valence electrons. The monoisotopic (exact) mass is 279 g/mol. The van der Waals surface area contributed by atoms with Crippen molar-refractivity contribution in [2.45, 2.75) is 45.6 Å². The van der Waals surface area contributed by atoms with E-state index >= 15 is 0 Å². The minimum Gasteiger partial charge on any atom is -0.507 e. The molecule has 1 amide bonds. The second kappa shape index (κ2) is 6.25. The Morgan fingerprint density at radius 1 is 1.35 bits per heavy atom. The molecule has 2 rings (SSSR count). The van der Waals surface area contributed by atoms with E-state index in [1.165, 1.54) is 18.6 Å². The molecule has 0 bridgehead atoms. The van der Waals surface area contributed by atoms with Crippen LogP contribution in [0.15, 0.2) is 18.2 Å². The topological polar surface area (TPSA) is 49.3 Å². The molecule has 2 atom stereocenters. The molecule has 1 fully saturated rings. The van der Waals surface area contributed by atoms with Crippen molar-refractivity contribution < 1.29 is 14.3 Å². The molecule has 1 aliphatic rings. The van der Waals surface area contributed by atoms with E-state index in [4.69, 9.17) is 0 Å². The third-order valence-corrected chi connectivity index (χ3v) is 4.20. The molecule has 1 aliphatic carbocycles.